The number of hydrogen-bond acceptors (Lipinski definition) is 5. The van der Waals surface area contributed by atoms with Crippen LogP contribution in [0.4, 0.5) is 5.69 Å². The van der Waals surface area contributed by atoms with Crippen molar-refractivity contribution in [2.75, 3.05) is 18.9 Å². The Morgan fingerprint density at radius 2 is 1.62 bits per heavy atom. The van der Waals surface area contributed by atoms with E-state index in [0.717, 1.165) is 11.0 Å². The third kappa shape index (κ3) is 3.62. The number of methoxy groups -OCH3 is 2. The molecule has 0 saturated carbocycles. The quantitative estimate of drug-likeness (QED) is 0.501. The minimum Gasteiger partial charge on any atom is -0.493 e. The molecule has 3 aromatic carbocycles. The number of hydrogen-bond donors (Lipinski definition) is 2. The maximum atomic E-state index is 13.0. The van der Waals surface area contributed by atoms with Crippen LogP contribution in [0.5, 0.6) is 11.5 Å². The van der Waals surface area contributed by atoms with Crippen LogP contribution in [0.3, 0.4) is 0 Å². The van der Waals surface area contributed by atoms with Crippen molar-refractivity contribution in [2.24, 2.45) is 0 Å². The van der Waals surface area contributed by atoms with E-state index in [-0.39, 0.29) is 4.90 Å². The van der Waals surface area contributed by atoms with Gasteiger partial charge in [-0.2, -0.15) is 0 Å². The van der Waals surface area contributed by atoms with E-state index in [1.165, 1.54) is 26.4 Å². The normalized spacial score (nSPS) is 11.4. The Morgan fingerprint density at radius 1 is 0.897 bits per heavy atom. The molecule has 8 heteroatoms. The fraction of sp³-hybridized carbons (Fsp3) is 0.0952. The molecule has 1 heterocycles. The molecule has 0 unspecified atom stereocenters. The largest absolute Gasteiger partial charge is 0.493 e. The van der Waals surface area contributed by atoms with Gasteiger partial charge in [0.15, 0.2) is 11.5 Å². The second-order valence-corrected chi connectivity index (χ2v) is 7.95. The van der Waals surface area contributed by atoms with E-state index in [4.69, 9.17) is 9.47 Å². The zero-order valence-electron chi connectivity index (χ0n) is 15.8. The van der Waals surface area contributed by atoms with E-state index in [9.17, 15) is 8.42 Å². The van der Waals surface area contributed by atoms with Gasteiger partial charge in [0.2, 0.25) is 0 Å². The zero-order valence-corrected chi connectivity index (χ0v) is 16.7. The highest BCUT2D eigenvalue weighted by molar-refractivity contribution is 7.92. The van der Waals surface area contributed by atoms with Crippen molar-refractivity contribution in [3.63, 3.8) is 0 Å². The van der Waals surface area contributed by atoms with Crippen LogP contribution < -0.4 is 14.2 Å². The molecule has 0 atom stereocenters. The van der Waals surface area contributed by atoms with Crippen molar-refractivity contribution in [1.82, 2.24) is 9.97 Å². The second kappa shape index (κ2) is 7.48. The van der Waals surface area contributed by atoms with Gasteiger partial charge in [-0.15, -0.1) is 0 Å². The molecular weight excluding hydrogens is 390 g/mol. The lowest BCUT2D eigenvalue weighted by molar-refractivity contribution is 0.354. The summed E-state index contributed by atoms with van der Waals surface area (Å²) in [5.74, 6) is 1.37. The van der Waals surface area contributed by atoms with Gasteiger partial charge in [-0.05, 0) is 36.4 Å². The predicted molar refractivity (Wildman–Crippen MR) is 112 cm³/mol. The van der Waals surface area contributed by atoms with Gasteiger partial charge in [0.25, 0.3) is 10.0 Å². The number of rotatable bonds is 6. The molecule has 0 saturated heterocycles. The van der Waals surface area contributed by atoms with E-state index in [0.29, 0.717) is 28.6 Å². The first-order valence-corrected chi connectivity index (χ1v) is 10.3. The lowest BCUT2D eigenvalue weighted by Gasteiger charge is -2.13. The molecule has 0 spiro atoms. The summed E-state index contributed by atoms with van der Waals surface area (Å²) in [7, 11) is -0.908. The second-order valence-electron chi connectivity index (χ2n) is 6.27. The first-order valence-electron chi connectivity index (χ1n) is 8.81. The van der Waals surface area contributed by atoms with Crippen LogP contribution in [0.15, 0.2) is 71.6 Å². The highest BCUT2D eigenvalue weighted by Crippen LogP contribution is 2.32. The van der Waals surface area contributed by atoms with Crippen molar-refractivity contribution in [2.45, 2.75) is 4.90 Å². The van der Waals surface area contributed by atoms with Crippen LogP contribution >= 0.6 is 0 Å². The lowest BCUT2D eigenvalue weighted by Crippen LogP contribution is -2.14. The summed E-state index contributed by atoms with van der Waals surface area (Å²) in [6.45, 7) is 0. The van der Waals surface area contributed by atoms with Crippen LogP contribution in [-0.4, -0.2) is 32.6 Å². The number of imidazole rings is 1. The zero-order chi connectivity index (χ0) is 20.4. The average molecular weight is 409 g/mol. The van der Waals surface area contributed by atoms with Crippen molar-refractivity contribution < 1.29 is 17.9 Å². The summed E-state index contributed by atoms with van der Waals surface area (Å²) in [4.78, 5) is 7.86. The maximum absolute atomic E-state index is 13.0. The number of benzene rings is 3. The number of nitrogens with one attached hydrogen (secondary N) is 2. The average Bonchev–Trinajstić information content (AvgIpc) is 3.17. The molecule has 4 aromatic rings. The Kier molecular flexibility index (Phi) is 4.85. The van der Waals surface area contributed by atoms with Gasteiger partial charge in [0.1, 0.15) is 5.82 Å². The van der Waals surface area contributed by atoms with Gasteiger partial charge < -0.3 is 14.5 Å². The minimum atomic E-state index is -3.86. The smallest absolute Gasteiger partial charge is 0.262 e. The molecule has 1 aromatic heterocycles. The Morgan fingerprint density at radius 3 is 2.38 bits per heavy atom. The Labute approximate surface area is 168 Å². The first-order chi connectivity index (χ1) is 14.0. The summed E-state index contributed by atoms with van der Waals surface area (Å²) in [6.07, 6.45) is 0. The molecule has 0 radical (unpaired) electrons. The maximum Gasteiger partial charge on any atom is 0.262 e. The lowest BCUT2D eigenvalue weighted by atomic mass is 10.2. The highest BCUT2D eigenvalue weighted by Gasteiger charge is 2.20. The monoisotopic (exact) mass is 409 g/mol. The number of fused-ring (bicyclic) bond motifs is 1. The van der Waals surface area contributed by atoms with Gasteiger partial charge in [-0.3, -0.25) is 4.72 Å². The molecule has 7 nitrogen and oxygen atoms in total. The number of ether oxygens (including phenoxy) is 2. The molecule has 148 valence electrons. The van der Waals surface area contributed by atoms with Gasteiger partial charge in [0.05, 0.1) is 35.8 Å². The molecule has 29 heavy (non-hydrogen) atoms. The third-order valence-electron chi connectivity index (χ3n) is 4.48. The van der Waals surface area contributed by atoms with Crippen molar-refractivity contribution >= 4 is 26.7 Å². The Bertz CT molecular complexity index is 1250. The summed E-state index contributed by atoms with van der Waals surface area (Å²) >= 11 is 0. The van der Waals surface area contributed by atoms with Gasteiger partial charge in [-0.25, -0.2) is 13.4 Å². The van der Waals surface area contributed by atoms with Gasteiger partial charge >= 0.3 is 0 Å². The van der Waals surface area contributed by atoms with Crippen LogP contribution in [0.25, 0.3) is 22.4 Å². The predicted octanol–water partition coefficient (Wildman–Crippen LogP) is 4.05. The number of anilines is 1. The van der Waals surface area contributed by atoms with Crippen LogP contribution in [0.2, 0.25) is 0 Å². The summed E-state index contributed by atoms with van der Waals surface area (Å²) < 4.78 is 39.0. The molecule has 0 aliphatic rings. The fourth-order valence-corrected chi connectivity index (χ4v) is 4.14. The molecule has 0 aliphatic carbocycles. The van der Waals surface area contributed by atoms with Gasteiger partial charge in [-0.1, -0.05) is 24.3 Å². The molecule has 4 rings (SSSR count). The molecular formula is C21H19N3O4S. The topological polar surface area (TPSA) is 93.3 Å². The molecule has 2 N–H and O–H groups in total. The Balaban J connectivity index is 1.73. The van der Waals surface area contributed by atoms with Crippen molar-refractivity contribution in [3.8, 4) is 22.9 Å². The number of nitrogens with zero attached hydrogens (tertiary/aromatic N) is 1. The molecule has 0 fully saturated rings. The van der Waals surface area contributed by atoms with E-state index < -0.39 is 10.0 Å². The minimum absolute atomic E-state index is 0.0644. The molecule has 0 aliphatic heterocycles. The number of aromatic amines is 1. The van der Waals surface area contributed by atoms with E-state index in [1.54, 1.807) is 18.2 Å². The summed E-state index contributed by atoms with van der Waals surface area (Å²) in [5, 5.41) is 0. The van der Waals surface area contributed by atoms with Crippen molar-refractivity contribution in [1.29, 1.82) is 0 Å². The van der Waals surface area contributed by atoms with Crippen LogP contribution in [0, 0.1) is 0 Å². The third-order valence-corrected chi connectivity index (χ3v) is 5.84. The fourth-order valence-electron chi connectivity index (χ4n) is 3.05. The first kappa shape index (κ1) is 18.8. The summed E-state index contributed by atoms with van der Waals surface area (Å²) in [6, 6.07) is 19.2. The van der Waals surface area contributed by atoms with E-state index in [2.05, 4.69) is 14.7 Å². The number of H-pyrrole nitrogens is 1. The Hall–Kier alpha value is -3.52. The van der Waals surface area contributed by atoms with E-state index >= 15 is 0 Å². The number of para-hydroxylation sites is 3. The van der Waals surface area contributed by atoms with Crippen molar-refractivity contribution in [3.05, 3.63) is 66.7 Å². The van der Waals surface area contributed by atoms with Gasteiger partial charge in [0, 0.05) is 11.6 Å². The molecule has 0 bridgehead atoms. The van der Waals surface area contributed by atoms with Crippen LogP contribution in [-0.2, 0) is 10.0 Å². The van der Waals surface area contributed by atoms with E-state index in [1.807, 2.05) is 36.4 Å². The van der Waals surface area contributed by atoms with Crippen LogP contribution in [0.1, 0.15) is 0 Å². The molecule has 0 amide bonds. The SMILES string of the molecule is COc1ccc(S(=O)(=O)Nc2ccccc2-c2nc3ccccc3[nH]2)cc1OC. The number of aromatic nitrogens is 2. The number of sulfonamides is 1. The summed E-state index contributed by atoms with van der Waals surface area (Å²) in [5.41, 5.74) is 2.74. The standard InChI is InChI=1S/C21H19N3O4S/c1-27-19-12-11-14(13-20(19)28-2)29(25,26)24-16-8-4-3-7-15(16)21-22-17-9-5-6-10-18(17)23-21/h3-13,24H,1-2H3,(H,22,23). The highest BCUT2D eigenvalue weighted by atomic mass is 32.2.